The van der Waals surface area contributed by atoms with Crippen LogP contribution in [0.2, 0.25) is 5.02 Å². The molecule has 0 fully saturated rings. The molecule has 1 atom stereocenters. The summed E-state index contributed by atoms with van der Waals surface area (Å²) in [6.07, 6.45) is 0.609. The van der Waals surface area contributed by atoms with Gasteiger partial charge in [-0.3, -0.25) is 9.59 Å². The van der Waals surface area contributed by atoms with E-state index in [2.05, 4.69) is 5.32 Å². The smallest absolute Gasteiger partial charge is 0.349 e. The summed E-state index contributed by atoms with van der Waals surface area (Å²) in [7, 11) is 0. The van der Waals surface area contributed by atoms with E-state index in [1.807, 2.05) is 37.3 Å². The maximum absolute atomic E-state index is 12.7. The first-order valence-electron chi connectivity index (χ1n) is 11.4. The van der Waals surface area contributed by atoms with Crippen LogP contribution in [-0.2, 0) is 4.79 Å². The number of ether oxygens (including phenoxy) is 2. The van der Waals surface area contributed by atoms with Crippen molar-refractivity contribution in [2.45, 2.75) is 25.8 Å². The van der Waals surface area contributed by atoms with Crippen molar-refractivity contribution in [1.82, 2.24) is 5.32 Å². The second-order valence-corrected chi connectivity index (χ2v) is 8.57. The number of hydrogen-bond donors (Lipinski definition) is 1. The normalized spacial score (nSPS) is 11.6. The predicted molar refractivity (Wildman–Crippen MR) is 137 cm³/mol. The molecule has 184 valence electrons. The van der Waals surface area contributed by atoms with Crippen LogP contribution in [-0.4, -0.2) is 18.5 Å². The molecule has 8 heteroatoms. The molecule has 4 rings (SSSR count). The van der Waals surface area contributed by atoms with Crippen molar-refractivity contribution in [3.05, 3.63) is 105 Å². The lowest BCUT2D eigenvalue weighted by atomic mass is 10.1. The van der Waals surface area contributed by atoms with Gasteiger partial charge in [0.25, 0.3) is 5.91 Å². The maximum Gasteiger partial charge on any atom is 0.349 e. The molecule has 1 unspecified atom stereocenters. The van der Waals surface area contributed by atoms with E-state index in [9.17, 15) is 14.4 Å². The van der Waals surface area contributed by atoms with Crippen molar-refractivity contribution in [2.75, 3.05) is 6.61 Å². The van der Waals surface area contributed by atoms with Crippen molar-refractivity contribution >= 4 is 34.4 Å². The van der Waals surface area contributed by atoms with Gasteiger partial charge in [-0.05, 0) is 61.4 Å². The first-order valence-corrected chi connectivity index (χ1v) is 11.8. The van der Waals surface area contributed by atoms with Crippen LogP contribution >= 0.6 is 11.6 Å². The minimum Gasteiger partial charge on any atom is -0.494 e. The van der Waals surface area contributed by atoms with Crippen LogP contribution in [0.25, 0.3) is 11.0 Å². The fraction of sp³-hybridized carbons (Fsp3) is 0.179. The highest BCUT2D eigenvalue weighted by molar-refractivity contribution is 6.30. The summed E-state index contributed by atoms with van der Waals surface area (Å²) in [6.45, 7) is 2.18. The Kier molecular flexibility index (Phi) is 8.02. The van der Waals surface area contributed by atoms with Crippen LogP contribution in [0.5, 0.6) is 11.5 Å². The highest BCUT2D eigenvalue weighted by Crippen LogP contribution is 2.22. The average Bonchev–Trinajstić information content (AvgIpc) is 2.87. The molecule has 4 aromatic rings. The fourth-order valence-corrected chi connectivity index (χ4v) is 3.66. The molecule has 1 amide bonds. The molecule has 1 heterocycles. The lowest BCUT2D eigenvalue weighted by molar-refractivity contribution is -0.134. The number of nitrogens with one attached hydrogen (secondary N) is 1. The zero-order valence-corrected chi connectivity index (χ0v) is 20.3. The van der Waals surface area contributed by atoms with Gasteiger partial charge in [0, 0.05) is 22.9 Å². The van der Waals surface area contributed by atoms with Crippen molar-refractivity contribution in [3.63, 3.8) is 0 Å². The van der Waals surface area contributed by atoms with Crippen molar-refractivity contribution in [3.8, 4) is 11.5 Å². The van der Waals surface area contributed by atoms with E-state index in [0.717, 1.165) is 5.56 Å². The van der Waals surface area contributed by atoms with E-state index in [0.29, 0.717) is 29.2 Å². The van der Waals surface area contributed by atoms with E-state index in [4.69, 9.17) is 25.5 Å². The largest absolute Gasteiger partial charge is 0.494 e. The van der Waals surface area contributed by atoms with E-state index in [1.165, 1.54) is 12.1 Å². The summed E-state index contributed by atoms with van der Waals surface area (Å²) >= 11 is 5.84. The van der Waals surface area contributed by atoms with Crippen LogP contribution < -0.4 is 20.4 Å². The van der Waals surface area contributed by atoms with Gasteiger partial charge in [-0.1, -0.05) is 41.9 Å². The summed E-state index contributed by atoms with van der Waals surface area (Å²) < 4.78 is 16.3. The van der Waals surface area contributed by atoms with Gasteiger partial charge in [0.05, 0.1) is 12.6 Å². The molecule has 0 bridgehead atoms. The first kappa shape index (κ1) is 25.0. The first-order chi connectivity index (χ1) is 17.4. The monoisotopic (exact) mass is 505 g/mol. The van der Waals surface area contributed by atoms with Crippen LogP contribution in [0, 0.1) is 0 Å². The number of benzene rings is 3. The number of amides is 1. The molecule has 0 aliphatic heterocycles. The number of hydrogen-bond acceptors (Lipinski definition) is 6. The molecule has 0 spiro atoms. The minimum absolute atomic E-state index is 0.101. The SMILES string of the molecule is CC(NC(=O)c1cc2ccc(OC(=O)CCCOc3ccc(Cl)cc3)cc2oc1=O)c1ccccc1. The zero-order valence-electron chi connectivity index (χ0n) is 19.5. The Morgan fingerprint density at radius 2 is 1.69 bits per heavy atom. The number of halogens is 1. The van der Waals surface area contributed by atoms with Crippen molar-refractivity contribution in [1.29, 1.82) is 0 Å². The number of esters is 1. The maximum atomic E-state index is 12.7. The summed E-state index contributed by atoms with van der Waals surface area (Å²) in [5.41, 5.74) is 0.252. The molecule has 0 saturated carbocycles. The Hall–Kier alpha value is -4.10. The molecule has 3 aromatic carbocycles. The molecule has 0 aliphatic rings. The Bertz CT molecular complexity index is 1420. The van der Waals surface area contributed by atoms with Gasteiger partial charge >= 0.3 is 11.6 Å². The summed E-state index contributed by atoms with van der Waals surface area (Å²) in [6, 6.07) is 22.2. The topological polar surface area (TPSA) is 94.8 Å². The molecule has 7 nitrogen and oxygen atoms in total. The third-order valence-electron chi connectivity index (χ3n) is 5.44. The quantitative estimate of drug-likeness (QED) is 0.136. The summed E-state index contributed by atoms with van der Waals surface area (Å²) in [5.74, 6) is -0.0651. The van der Waals surface area contributed by atoms with Crippen LogP contribution in [0.4, 0.5) is 0 Å². The number of rotatable bonds is 9. The van der Waals surface area contributed by atoms with Crippen LogP contribution in [0.15, 0.2) is 88.1 Å². The second kappa shape index (κ2) is 11.6. The van der Waals surface area contributed by atoms with Crippen LogP contribution in [0.1, 0.15) is 41.7 Å². The van der Waals surface area contributed by atoms with E-state index in [1.54, 1.807) is 36.4 Å². The Balaban J connectivity index is 1.34. The van der Waals surface area contributed by atoms with Gasteiger partial charge < -0.3 is 19.2 Å². The lowest BCUT2D eigenvalue weighted by Crippen LogP contribution is -2.30. The Morgan fingerprint density at radius 1 is 0.972 bits per heavy atom. The standard InChI is InChI=1S/C28H24ClNO6/c1-18(19-6-3-2-4-7-19)30-27(32)24-16-20-9-12-23(17-25(20)36-28(24)33)35-26(31)8-5-15-34-22-13-10-21(29)11-14-22/h2-4,6-7,9-14,16-18H,5,8,15H2,1H3,(H,30,32). The van der Waals surface area contributed by atoms with Gasteiger partial charge in [-0.25, -0.2) is 4.79 Å². The molecule has 36 heavy (non-hydrogen) atoms. The average molecular weight is 506 g/mol. The number of carbonyl (C=O) groups is 2. The van der Waals surface area contributed by atoms with Crippen molar-refractivity contribution in [2.24, 2.45) is 0 Å². The highest BCUT2D eigenvalue weighted by atomic mass is 35.5. The molecule has 0 radical (unpaired) electrons. The molecular weight excluding hydrogens is 482 g/mol. The summed E-state index contributed by atoms with van der Waals surface area (Å²) in [4.78, 5) is 37.4. The van der Waals surface area contributed by atoms with Gasteiger partial charge in [0.1, 0.15) is 22.6 Å². The minimum atomic E-state index is -0.775. The van der Waals surface area contributed by atoms with Gasteiger partial charge in [0.2, 0.25) is 0 Å². The van der Waals surface area contributed by atoms with Gasteiger partial charge in [-0.15, -0.1) is 0 Å². The molecule has 0 saturated heterocycles. The van der Waals surface area contributed by atoms with Crippen molar-refractivity contribution < 1.29 is 23.5 Å². The fourth-order valence-electron chi connectivity index (χ4n) is 3.53. The van der Waals surface area contributed by atoms with E-state index >= 15 is 0 Å². The lowest BCUT2D eigenvalue weighted by Gasteiger charge is -2.14. The number of carbonyl (C=O) groups excluding carboxylic acids is 2. The van der Waals surface area contributed by atoms with Gasteiger partial charge in [-0.2, -0.15) is 0 Å². The van der Waals surface area contributed by atoms with Gasteiger partial charge in [0.15, 0.2) is 0 Å². The molecule has 1 aromatic heterocycles. The summed E-state index contributed by atoms with van der Waals surface area (Å²) in [5, 5.41) is 3.96. The van der Waals surface area contributed by atoms with E-state index in [-0.39, 0.29) is 29.4 Å². The predicted octanol–water partition coefficient (Wildman–Crippen LogP) is 5.70. The highest BCUT2D eigenvalue weighted by Gasteiger charge is 2.17. The Morgan fingerprint density at radius 3 is 2.44 bits per heavy atom. The molecule has 1 N–H and O–H groups in total. The third kappa shape index (κ3) is 6.52. The molecule has 0 aliphatic carbocycles. The zero-order chi connectivity index (χ0) is 25.5. The second-order valence-electron chi connectivity index (χ2n) is 8.13. The van der Waals surface area contributed by atoms with E-state index < -0.39 is 17.5 Å². The Labute approximate surface area is 212 Å². The molecular formula is C28H24ClNO6. The third-order valence-corrected chi connectivity index (χ3v) is 5.69. The number of fused-ring (bicyclic) bond motifs is 1. The van der Waals surface area contributed by atoms with Crippen LogP contribution in [0.3, 0.4) is 0 Å².